The van der Waals surface area contributed by atoms with Gasteiger partial charge in [0.05, 0.1) is 21.0 Å². The zero-order valence-corrected chi connectivity index (χ0v) is 14.4. The molecule has 1 aliphatic rings. The van der Waals surface area contributed by atoms with Crippen molar-refractivity contribution in [1.82, 2.24) is 0 Å². The first-order valence-electron chi connectivity index (χ1n) is 6.61. The fourth-order valence-electron chi connectivity index (χ4n) is 2.40. The summed E-state index contributed by atoms with van der Waals surface area (Å²) in [6.07, 6.45) is -2.58. The fourth-order valence-corrected chi connectivity index (χ4v) is 4.63. The molecule has 0 saturated carbocycles. The second kappa shape index (κ2) is 5.72. The van der Waals surface area contributed by atoms with E-state index in [0.717, 1.165) is 24.3 Å². The second-order valence-corrected chi connectivity index (χ2v) is 7.93. The third-order valence-corrected chi connectivity index (χ3v) is 6.26. The van der Waals surface area contributed by atoms with Crippen LogP contribution in [-0.4, -0.2) is 18.8 Å². The molecule has 0 bridgehead atoms. The molecule has 0 spiro atoms. The van der Waals surface area contributed by atoms with Gasteiger partial charge in [0.2, 0.25) is 9.84 Å². The minimum Gasteiger partial charge on any atom is -0.456 e. The van der Waals surface area contributed by atoms with Gasteiger partial charge in [-0.15, -0.1) is 0 Å². The van der Waals surface area contributed by atoms with E-state index in [4.69, 9.17) is 10.00 Å². The minimum absolute atomic E-state index is 0.0265. The Morgan fingerprint density at radius 1 is 1.28 bits per heavy atom. The van der Waals surface area contributed by atoms with Gasteiger partial charge in [-0.1, -0.05) is 0 Å². The maximum absolute atomic E-state index is 13.8. The van der Waals surface area contributed by atoms with E-state index in [1.54, 1.807) is 6.07 Å². The van der Waals surface area contributed by atoms with E-state index >= 15 is 0 Å². The van der Waals surface area contributed by atoms with Gasteiger partial charge >= 0.3 is 5.25 Å². The molecule has 0 aliphatic carbocycles. The zero-order valence-electron chi connectivity index (χ0n) is 12.0. The van der Waals surface area contributed by atoms with Gasteiger partial charge in [0.1, 0.15) is 17.3 Å². The van der Waals surface area contributed by atoms with Crippen LogP contribution in [0.15, 0.2) is 39.7 Å². The number of nitrogens with zero attached hydrogens (tertiary/aromatic N) is 1. The molecule has 130 valence electrons. The monoisotopic (exact) mass is 433 g/mol. The number of fused-ring (bicyclic) bond motifs is 1. The Hall–Kier alpha value is -2.09. The first kappa shape index (κ1) is 17.7. The van der Waals surface area contributed by atoms with Crippen molar-refractivity contribution in [1.29, 1.82) is 5.26 Å². The Balaban J connectivity index is 2.10. The summed E-state index contributed by atoms with van der Waals surface area (Å²) in [4.78, 5) is -0.721. The normalized spacial score (nSPS) is 19.9. The van der Waals surface area contributed by atoms with Crippen molar-refractivity contribution in [2.24, 2.45) is 0 Å². The van der Waals surface area contributed by atoms with E-state index in [2.05, 4.69) is 15.9 Å². The molecule has 0 aromatic heterocycles. The largest absolute Gasteiger partial charge is 0.456 e. The summed E-state index contributed by atoms with van der Waals surface area (Å²) in [5.41, 5.74) is -0.569. The van der Waals surface area contributed by atoms with Crippen molar-refractivity contribution in [2.75, 3.05) is 0 Å². The Kier molecular flexibility index (Phi) is 4.06. The molecule has 0 fully saturated rings. The minimum atomic E-state index is -5.03. The molecule has 2 aromatic carbocycles. The molecular formula is C15H7BrF3NO4S. The van der Waals surface area contributed by atoms with E-state index in [1.165, 1.54) is 6.07 Å². The van der Waals surface area contributed by atoms with Crippen LogP contribution >= 0.6 is 15.9 Å². The highest BCUT2D eigenvalue weighted by Crippen LogP contribution is 2.53. The van der Waals surface area contributed by atoms with Gasteiger partial charge in [0.25, 0.3) is 0 Å². The standard InChI is InChI=1S/C15H7BrF3NO4S/c16-13-10(24-9-4-7(6-20)3-8(17)5-9)1-2-11-12(13)14(21)15(18,19)25(11,22)23/h1-5,14,21H. The highest BCUT2D eigenvalue weighted by molar-refractivity contribution is 9.10. The lowest BCUT2D eigenvalue weighted by Gasteiger charge is -2.14. The van der Waals surface area contributed by atoms with E-state index < -0.39 is 37.5 Å². The van der Waals surface area contributed by atoms with E-state index in [9.17, 15) is 26.7 Å². The molecule has 1 aliphatic heterocycles. The highest BCUT2D eigenvalue weighted by Gasteiger charge is 2.61. The van der Waals surface area contributed by atoms with Crippen molar-refractivity contribution in [3.8, 4) is 17.6 Å². The molecule has 0 radical (unpaired) electrons. The first-order chi connectivity index (χ1) is 11.6. The third-order valence-electron chi connectivity index (χ3n) is 3.57. The van der Waals surface area contributed by atoms with Gasteiger partial charge in [-0.3, -0.25) is 0 Å². The number of alkyl halides is 2. The number of hydrogen-bond donors (Lipinski definition) is 1. The van der Waals surface area contributed by atoms with Gasteiger partial charge in [-0.05, 0) is 40.2 Å². The summed E-state index contributed by atoms with van der Waals surface area (Å²) in [6.45, 7) is 0. The SMILES string of the molecule is N#Cc1cc(F)cc(Oc2ccc3c(c2Br)C(O)C(F)(F)S3(=O)=O)c1. The molecule has 1 heterocycles. The van der Waals surface area contributed by atoms with Crippen LogP contribution in [0.5, 0.6) is 11.5 Å². The number of aliphatic hydroxyl groups is 1. The van der Waals surface area contributed by atoms with Gasteiger partial charge in [-0.25, -0.2) is 12.8 Å². The van der Waals surface area contributed by atoms with E-state index in [0.29, 0.717) is 0 Å². The predicted octanol–water partition coefficient (Wildman–Crippen LogP) is 3.67. The molecule has 10 heteroatoms. The molecule has 1 atom stereocenters. The van der Waals surface area contributed by atoms with E-state index in [1.807, 2.05) is 0 Å². The van der Waals surface area contributed by atoms with Gasteiger partial charge in [0.15, 0.2) is 6.10 Å². The summed E-state index contributed by atoms with van der Waals surface area (Å²) < 4.78 is 69.8. The lowest BCUT2D eigenvalue weighted by atomic mass is 10.1. The Morgan fingerprint density at radius 3 is 2.60 bits per heavy atom. The number of benzene rings is 2. The first-order valence-corrected chi connectivity index (χ1v) is 8.88. The molecule has 1 N–H and O–H groups in total. The van der Waals surface area contributed by atoms with Crippen LogP contribution < -0.4 is 4.74 Å². The van der Waals surface area contributed by atoms with Crippen LogP contribution in [-0.2, 0) is 9.84 Å². The average Bonchev–Trinajstić information content (AvgIpc) is 2.67. The Morgan fingerprint density at radius 2 is 1.96 bits per heavy atom. The molecule has 5 nitrogen and oxygen atoms in total. The van der Waals surface area contributed by atoms with Crippen LogP contribution in [0.1, 0.15) is 17.2 Å². The lowest BCUT2D eigenvalue weighted by molar-refractivity contribution is -0.0379. The topological polar surface area (TPSA) is 87.4 Å². The summed E-state index contributed by atoms with van der Waals surface area (Å²) in [6, 6.07) is 6.84. The molecular weight excluding hydrogens is 427 g/mol. The number of hydrogen-bond acceptors (Lipinski definition) is 5. The number of halogens is 4. The predicted molar refractivity (Wildman–Crippen MR) is 82.4 cm³/mol. The van der Waals surface area contributed by atoms with Crippen LogP contribution in [0.2, 0.25) is 0 Å². The van der Waals surface area contributed by atoms with Crippen molar-refractivity contribution in [3.05, 3.63) is 51.7 Å². The van der Waals surface area contributed by atoms with Crippen LogP contribution in [0.25, 0.3) is 0 Å². The average molecular weight is 434 g/mol. The van der Waals surface area contributed by atoms with Crippen molar-refractivity contribution >= 4 is 25.8 Å². The van der Waals surface area contributed by atoms with Crippen LogP contribution in [0, 0.1) is 17.1 Å². The summed E-state index contributed by atoms with van der Waals surface area (Å²) in [7, 11) is -5.03. The maximum atomic E-state index is 13.8. The number of nitriles is 1. The van der Waals surface area contributed by atoms with E-state index in [-0.39, 0.29) is 21.5 Å². The van der Waals surface area contributed by atoms with Gasteiger partial charge in [0, 0.05) is 11.6 Å². The van der Waals surface area contributed by atoms with Crippen molar-refractivity contribution in [2.45, 2.75) is 16.3 Å². The number of aliphatic hydroxyl groups excluding tert-OH is 1. The third kappa shape index (κ3) is 2.59. The summed E-state index contributed by atoms with van der Waals surface area (Å²) >= 11 is 2.95. The molecule has 0 saturated heterocycles. The molecule has 2 aromatic rings. The number of rotatable bonds is 2. The summed E-state index contributed by atoms with van der Waals surface area (Å²) in [5.74, 6) is -0.972. The molecule has 3 rings (SSSR count). The zero-order chi connectivity index (χ0) is 18.6. The smallest absolute Gasteiger partial charge is 0.379 e. The van der Waals surface area contributed by atoms with Crippen molar-refractivity contribution < 1.29 is 31.4 Å². The summed E-state index contributed by atoms with van der Waals surface area (Å²) in [5, 5.41) is 14.2. The van der Waals surface area contributed by atoms with Crippen LogP contribution in [0.4, 0.5) is 13.2 Å². The second-order valence-electron chi connectivity index (χ2n) is 5.15. The molecule has 1 unspecified atom stereocenters. The maximum Gasteiger partial charge on any atom is 0.379 e. The fraction of sp³-hybridized carbons (Fsp3) is 0.133. The Labute approximate surface area is 148 Å². The molecule has 0 amide bonds. The Bertz CT molecular complexity index is 1030. The molecule has 25 heavy (non-hydrogen) atoms. The highest BCUT2D eigenvalue weighted by atomic mass is 79.9. The van der Waals surface area contributed by atoms with Gasteiger partial charge < -0.3 is 9.84 Å². The van der Waals surface area contributed by atoms with Gasteiger partial charge in [-0.2, -0.15) is 14.0 Å². The quantitative estimate of drug-likeness (QED) is 0.780. The number of sulfone groups is 1. The lowest BCUT2D eigenvalue weighted by Crippen LogP contribution is -2.28. The van der Waals surface area contributed by atoms with Crippen LogP contribution in [0.3, 0.4) is 0 Å². The number of ether oxygens (including phenoxy) is 1. The van der Waals surface area contributed by atoms with Crippen molar-refractivity contribution in [3.63, 3.8) is 0 Å².